The third-order valence-corrected chi connectivity index (χ3v) is 4.45. The molecule has 1 fully saturated rings. The Labute approximate surface area is 148 Å². The summed E-state index contributed by atoms with van der Waals surface area (Å²) in [6.45, 7) is 4.63. The number of allylic oxidation sites excluding steroid dienone is 1. The number of phenols is 1. The van der Waals surface area contributed by atoms with Gasteiger partial charge in [0.05, 0.1) is 5.69 Å². The second kappa shape index (κ2) is 8.05. The standard InChI is InChI=1S/C20H23N3O2/c1-22-10-12-23(13-11-22)15-17-14-16(5-7-20(17)25)19(24)8-6-18-4-2-3-9-21-18/h2-9,14,25H,10-13,15H2,1H3/b8-6+. The van der Waals surface area contributed by atoms with Gasteiger partial charge in [0.25, 0.3) is 0 Å². The lowest BCUT2D eigenvalue weighted by Crippen LogP contribution is -2.43. The first kappa shape index (κ1) is 17.3. The third kappa shape index (κ3) is 4.75. The van der Waals surface area contributed by atoms with Crippen molar-refractivity contribution in [3.05, 3.63) is 65.5 Å². The van der Waals surface area contributed by atoms with Crippen LogP contribution in [-0.4, -0.2) is 58.9 Å². The molecular formula is C20H23N3O2. The van der Waals surface area contributed by atoms with Crippen molar-refractivity contribution in [2.75, 3.05) is 33.2 Å². The van der Waals surface area contributed by atoms with E-state index in [9.17, 15) is 9.90 Å². The monoisotopic (exact) mass is 337 g/mol. The molecule has 0 unspecified atom stereocenters. The van der Waals surface area contributed by atoms with Gasteiger partial charge in [-0.15, -0.1) is 0 Å². The maximum Gasteiger partial charge on any atom is 0.185 e. The van der Waals surface area contributed by atoms with E-state index < -0.39 is 0 Å². The minimum Gasteiger partial charge on any atom is -0.508 e. The van der Waals surface area contributed by atoms with Gasteiger partial charge in [0.15, 0.2) is 5.78 Å². The second-order valence-electron chi connectivity index (χ2n) is 6.38. The Morgan fingerprint density at radius 2 is 2.00 bits per heavy atom. The number of piperazine rings is 1. The molecule has 25 heavy (non-hydrogen) atoms. The van der Waals surface area contributed by atoms with E-state index in [1.807, 2.05) is 18.2 Å². The fourth-order valence-corrected chi connectivity index (χ4v) is 2.84. The van der Waals surface area contributed by atoms with Crippen molar-refractivity contribution in [2.24, 2.45) is 0 Å². The zero-order valence-electron chi connectivity index (χ0n) is 14.4. The number of nitrogens with zero attached hydrogens (tertiary/aromatic N) is 3. The van der Waals surface area contributed by atoms with Crippen LogP contribution in [0, 0.1) is 0 Å². The van der Waals surface area contributed by atoms with Gasteiger partial charge in [0.2, 0.25) is 0 Å². The minimum absolute atomic E-state index is 0.0923. The molecule has 1 aliphatic heterocycles. The number of aromatic hydroxyl groups is 1. The normalized spacial score (nSPS) is 16.4. The van der Waals surface area contributed by atoms with Crippen LogP contribution in [0.4, 0.5) is 0 Å². The fourth-order valence-electron chi connectivity index (χ4n) is 2.84. The summed E-state index contributed by atoms with van der Waals surface area (Å²) in [7, 11) is 2.11. The second-order valence-corrected chi connectivity index (χ2v) is 6.38. The van der Waals surface area contributed by atoms with Gasteiger partial charge in [0, 0.05) is 50.0 Å². The first-order chi connectivity index (χ1) is 12.1. The summed E-state index contributed by atoms with van der Waals surface area (Å²) < 4.78 is 0. The Bertz CT molecular complexity index is 751. The van der Waals surface area contributed by atoms with Crippen LogP contribution in [-0.2, 0) is 6.54 Å². The smallest absolute Gasteiger partial charge is 0.185 e. The number of phenolic OH excluding ortho intramolecular Hbond substituents is 1. The molecule has 0 spiro atoms. The molecule has 0 radical (unpaired) electrons. The van der Waals surface area contributed by atoms with Crippen molar-refractivity contribution in [3.8, 4) is 5.75 Å². The molecule has 0 aliphatic carbocycles. The van der Waals surface area contributed by atoms with Gasteiger partial charge in [-0.3, -0.25) is 14.7 Å². The quantitative estimate of drug-likeness (QED) is 0.671. The van der Waals surface area contributed by atoms with E-state index in [0.717, 1.165) is 37.4 Å². The van der Waals surface area contributed by atoms with Crippen LogP contribution >= 0.6 is 0 Å². The van der Waals surface area contributed by atoms with Gasteiger partial charge in [-0.2, -0.15) is 0 Å². The molecule has 2 aromatic rings. The molecule has 1 N–H and O–H groups in total. The van der Waals surface area contributed by atoms with Crippen molar-refractivity contribution in [3.63, 3.8) is 0 Å². The Hall–Kier alpha value is -2.50. The van der Waals surface area contributed by atoms with Gasteiger partial charge in [-0.1, -0.05) is 6.07 Å². The molecule has 130 valence electrons. The van der Waals surface area contributed by atoms with E-state index >= 15 is 0 Å². The highest BCUT2D eigenvalue weighted by Crippen LogP contribution is 2.21. The maximum atomic E-state index is 12.4. The fraction of sp³-hybridized carbons (Fsp3) is 0.300. The number of hydrogen-bond donors (Lipinski definition) is 1. The van der Waals surface area contributed by atoms with Crippen LogP contribution in [0.25, 0.3) is 6.08 Å². The molecule has 0 atom stereocenters. The maximum absolute atomic E-state index is 12.4. The highest BCUT2D eigenvalue weighted by molar-refractivity contribution is 6.06. The topological polar surface area (TPSA) is 56.7 Å². The molecule has 5 heteroatoms. The minimum atomic E-state index is -0.0923. The zero-order valence-corrected chi connectivity index (χ0v) is 14.4. The van der Waals surface area contributed by atoms with Crippen LogP contribution in [0.15, 0.2) is 48.7 Å². The summed E-state index contributed by atoms with van der Waals surface area (Å²) in [5.74, 6) is 0.148. The van der Waals surface area contributed by atoms with E-state index in [1.165, 1.54) is 6.08 Å². The van der Waals surface area contributed by atoms with Crippen LogP contribution in [0.3, 0.4) is 0 Å². The number of carbonyl (C=O) groups excluding carboxylic acids is 1. The lowest BCUT2D eigenvalue weighted by molar-refractivity contribution is 0.104. The molecule has 1 aliphatic rings. The number of ketones is 1. The van der Waals surface area contributed by atoms with Crippen molar-refractivity contribution in [1.82, 2.24) is 14.8 Å². The highest BCUT2D eigenvalue weighted by atomic mass is 16.3. The number of pyridine rings is 1. The van der Waals surface area contributed by atoms with E-state index in [2.05, 4.69) is 21.8 Å². The highest BCUT2D eigenvalue weighted by Gasteiger charge is 2.16. The lowest BCUT2D eigenvalue weighted by atomic mass is 10.0. The summed E-state index contributed by atoms with van der Waals surface area (Å²) in [5.41, 5.74) is 2.11. The molecule has 0 amide bonds. The van der Waals surface area contributed by atoms with Gasteiger partial charge in [0.1, 0.15) is 5.75 Å². The number of likely N-dealkylation sites (N-methyl/N-ethyl adjacent to an activating group) is 1. The molecule has 2 heterocycles. The van der Waals surface area contributed by atoms with Crippen molar-refractivity contribution >= 4 is 11.9 Å². The average molecular weight is 337 g/mol. The Morgan fingerprint density at radius 1 is 1.20 bits per heavy atom. The van der Waals surface area contributed by atoms with Crippen LogP contribution in [0.5, 0.6) is 5.75 Å². The van der Waals surface area contributed by atoms with E-state index in [1.54, 1.807) is 30.5 Å². The lowest BCUT2D eigenvalue weighted by Gasteiger charge is -2.32. The molecule has 5 nitrogen and oxygen atoms in total. The predicted molar refractivity (Wildman–Crippen MR) is 98.5 cm³/mol. The van der Waals surface area contributed by atoms with E-state index in [4.69, 9.17) is 0 Å². The first-order valence-electron chi connectivity index (χ1n) is 8.48. The molecular weight excluding hydrogens is 314 g/mol. The molecule has 3 rings (SSSR count). The van der Waals surface area contributed by atoms with Crippen LogP contribution in [0.2, 0.25) is 0 Å². The average Bonchev–Trinajstić information content (AvgIpc) is 2.64. The summed E-state index contributed by atoms with van der Waals surface area (Å²) in [4.78, 5) is 21.2. The van der Waals surface area contributed by atoms with Gasteiger partial charge in [-0.25, -0.2) is 0 Å². The van der Waals surface area contributed by atoms with E-state index in [0.29, 0.717) is 12.1 Å². The number of rotatable bonds is 5. The number of benzene rings is 1. The van der Waals surface area contributed by atoms with Gasteiger partial charge in [-0.05, 0) is 49.5 Å². The summed E-state index contributed by atoms with van der Waals surface area (Å²) in [5, 5.41) is 10.1. The number of hydrogen-bond acceptors (Lipinski definition) is 5. The van der Waals surface area contributed by atoms with Crippen LogP contribution < -0.4 is 0 Å². The van der Waals surface area contributed by atoms with Crippen molar-refractivity contribution in [2.45, 2.75) is 6.54 Å². The first-order valence-corrected chi connectivity index (χ1v) is 8.48. The Kier molecular flexibility index (Phi) is 5.58. The Balaban J connectivity index is 1.70. The predicted octanol–water partition coefficient (Wildman–Crippen LogP) is 2.43. The molecule has 1 saturated heterocycles. The third-order valence-electron chi connectivity index (χ3n) is 4.45. The number of aromatic nitrogens is 1. The van der Waals surface area contributed by atoms with E-state index in [-0.39, 0.29) is 11.5 Å². The SMILES string of the molecule is CN1CCN(Cc2cc(C(=O)/C=C/c3ccccn3)ccc2O)CC1. The summed E-state index contributed by atoms with van der Waals surface area (Å²) in [6, 6.07) is 10.6. The summed E-state index contributed by atoms with van der Waals surface area (Å²) >= 11 is 0. The van der Waals surface area contributed by atoms with Crippen molar-refractivity contribution in [1.29, 1.82) is 0 Å². The van der Waals surface area contributed by atoms with Crippen LogP contribution in [0.1, 0.15) is 21.6 Å². The molecule has 0 saturated carbocycles. The van der Waals surface area contributed by atoms with Gasteiger partial charge < -0.3 is 10.0 Å². The summed E-state index contributed by atoms with van der Waals surface area (Å²) in [6.07, 6.45) is 4.92. The zero-order chi connectivity index (χ0) is 17.6. The molecule has 0 bridgehead atoms. The molecule has 1 aromatic carbocycles. The number of carbonyl (C=O) groups is 1. The molecule has 1 aromatic heterocycles. The van der Waals surface area contributed by atoms with Gasteiger partial charge >= 0.3 is 0 Å². The Morgan fingerprint density at radius 3 is 2.72 bits per heavy atom. The largest absolute Gasteiger partial charge is 0.508 e. The van der Waals surface area contributed by atoms with Crippen molar-refractivity contribution < 1.29 is 9.90 Å².